The summed E-state index contributed by atoms with van der Waals surface area (Å²) < 4.78 is 74.1. The molecule has 8 nitrogen and oxygen atoms in total. The first-order chi connectivity index (χ1) is 13.0. The fourth-order valence-electron chi connectivity index (χ4n) is 2.21. The number of nitrogens with one attached hydrogen (secondary N) is 1. The molecule has 1 N–H and O–H groups in total. The van der Waals surface area contributed by atoms with Gasteiger partial charge in [-0.3, -0.25) is 9.59 Å². The summed E-state index contributed by atoms with van der Waals surface area (Å²) in [7, 11) is -4.52. The number of sulfonamides is 1. The van der Waals surface area contributed by atoms with E-state index in [1.54, 1.807) is 4.72 Å². The van der Waals surface area contributed by atoms with E-state index >= 15 is 0 Å². The Bertz CT molecular complexity index is 841. The molecule has 0 aromatic heterocycles. The third kappa shape index (κ3) is 6.06. The van der Waals surface area contributed by atoms with Crippen molar-refractivity contribution in [2.75, 3.05) is 39.5 Å². The molecule has 1 aromatic rings. The van der Waals surface area contributed by atoms with Gasteiger partial charge in [-0.05, 0) is 18.2 Å². The van der Waals surface area contributed by atoms with Crippen LogP contribution in [0.3, 0.4) is 0 Å². The fourth-order valence-corrected chi connectivity index (χ4v) is 3.71. The molecule has 28 heavy (non-hydrogen) atoms. The Kier molecular flexibility index (Phi) is 7.26. The van der Waals surface area contributed by atoms with Gasteiger partial charge >= 0.3 is 12.1 Å². The molecule has 0 aliphatic carbocycles. The molecule has 0 unspecified atom stereocenters. The molecule has 0 spiro atoms. The highest BCUT2D eigenvalue weighted by atomic mass is 35.5. The van der Waals surface area contributed by atoms with Crippen LogP contribution in [0, 0.1) is 0 Å². The van der Waals surface area contributed by atoms with Crippen LogP contribution in [-0.4, -0.2) is 64.6 Å². The molecule has 1 aromatic carbocycles. The second kappa shape index (κ2) is 9.07. The summed E-state index contributed by atoms with van der Waals surface area (Å²) in [5.41, 5.74) is -1.21. The Labute approximate surface area is 163 Å². The highest BCUT2D eigenvalue weighted by Crippen LogP contribution is 2.33. The summed E-state index contributed by atoms with van der Waals surface area (Å²) in [6, 6.07) is 1.78. The number of hydrogen-bond donors (Lipinski definition) is 1. The van der Waals surface area contributed by atoms with Crippen molar-refractivity contribution < 1.29 is 40.7 Å². The minimum absolute atomic E-state index is 0.344. The zero-order valence-electron chi connectivity index (χ0n) is 14.3. The first-order valence-electron chi connectivity index (χ1n) is 7.88. The van der Waals surface area contributed by atoms with Gasteiger partial charge in [0, 0.05) is 13.1 Å². The van der Waals surface area contributed by atoms with Crippen molar-refractivity contribution in [2.45, 2.75) is 11.1 Å². The number of carbonyl (C=O) groups excluding carboxylic acids is 2. The number of hydrogen-bond acceptors (Lipinski definition) is 6. The van der Waals surface area contributed by atoms with Gasteiger partial charge in [-0.15, -0.1) is 0 Å². The van der Waals surface area contributed by atoms with Crippen molar-refractivity contribution in [3.63, 3.8) is 0 Å². The number of amides is 1. The average molecular weight is 445 g/mol. The highest BCUT2D eigenvalue weighted by molar-refractivity contribution is 7.89. The van der Waals surface area contributed by atoms with Crippen LogP contribution >= 0.6 is 11.6 Å². The van der Waals surface area contributed by atoms with Crippen LogP contribution < -0.4 is 4.72 Å². The Morgan fingerprint density at radius 3 is 2.50 bits per heavy atom. The van der Waals surface area contributed by atoms with Crippen LogP contribution in [0.4, 0.5) is 13.2 Å². The molecule has 156 valence electrons. The predicted octanol–water partition coefficient (Wildman–Crippen LogP) is 1.04. The summed E-state index contributed by atoms with van der Waals surface area (Å²) in [6.45, 7) is -0.0707. The number of halogens is 4. The number of alkyl halides is 3. The molecular formula is C15H16ClF3N2O6S. The number of benzene rings is 1. The fraction of sp³-hybridized carbons (Fsp3) is 0.467. The number of rotatable bonds is 6. The number of morpholine rings is 1. The average Bonchev–Trinajstić information content (AvgIpc) is 2.64. The molecule has 1 aliphatic heterocycles. The number of nitrogens with zero attached hydrogens (tertiary/aromatic N) is 1. The van der Waals surface area contributed by atoms with Crippen LogP contribution in [-0.2, 0) is 35.3 Å². The first kappa shape index (κ1) is 22.4. The van der Waals surface area contributed by atoms with E-state index in [-0.39, 0.29) is 0 Å². The standard InChI is InChI=1S/C15H16ClF3N2O6S/c16-11-2-1-10(15(17,18)19)7-12(11)28(24,25)20-8-14(23)27-9-13(22)21-3-5-26-6-4-21/h1-2,7,20H,3-6,8-9H2. The second-order valence-electron chi connectivity index (χ2n) is 5.62. The molecule has 0 atom stereocenters. The van der Waals surface area contributed by atoms with Crippen LogP contribution in [0.15, 0.2) is 23.1 Å². The maximum Gasteiger partial charge on any atom is 0.416 e. The van der Waals surface area contributed by atoms with Crippen LogP contribution in [0.25, 0.3) is 0 Å². The number of esters is 1. The summed E-state index contributed by atoms with van der Waals surface area (Å²) in [5.74, 6) is -1.55. The van der Waals surface area contributed by atoms with Crippen molar-refractivity contribution in [2.24, 2.45) is 0 Å². The van der Waals surface area contributed by atoms with Gasteiger partial charge < -0.3 is 14.4 Å². The first-order valence-corrected chi connectivity index (χ1v) is 9.74. The van der Waals surface area contributed by atoms with E-state index in [0.717, 1.165) is 6.07 Å². The molecule has 0 radical (unpaired) electrons. The Morgan fingerprint density at radius 2 is 1.89 bits per heavy atom. The molecule has 2 rings (SSSR count). The van der Waals surface area contributed by atoms with E-state index in [9.17, 15) is 31.2 Å². The van der Waals surface area contributed by atoms with E-state index in [2.05, 4.69) is 4.74 Å². The Balaban J connectivity index is 1.94. The lowest BCUT2D eigenvalue weighted by molar-refractivity contribution is -0.152. The van der Waals surface area contributed by atoms with Gasteiger partial charge in [0.15, 0.2) is 6.61 Å². The van der Waals surface area contributed by atoms with Crippen LogP contribution in [0.2, 0.25) is 5.02 Å². The second-order valence-corrected chi connectivity index (χ2v) is 7.76. The van der Waals surface area contributed by atoms with Crippen molar-refractivity contribution >= 4 is 33.5 Å². The minimum atomic E-state index is -4.77. The summed E-state index contributed by atoms with van der Waals surface area (Å²) in [5, 5.41) is -0.448. The SMILES string of the molecule is O=C(CNS(=O)(=O)c1cc(C(F)(F)F)ccc1Cl)OCC(=O)N1CCOCC1. The lowest BCUT2D eigenvalue weighted by Crippen LogP contribution is -2.43. The molecule has 1 heterocycles. The summed E-state index contributed by atoms with van der Waals surface area (Å²) in [6.07, 6.45) is -4.77. The zero-order valence-corrected chi connectivity index (χ0v) is 15.9. The van der Waals surface area contributed by atoms with Gasteiger partial charge in [0.1, 0.15) is 11.4 Å². The van der Waals surface area contributed by atoms with Crippen molar-refractivity contribution in [3.8, 4) is 0 Å². The third-order valence-corrected chi connectivity index (χ3v) is 5.56. The van der Waals surface area contributed by atoms with Crippen LogP contribution in [0.1, 0.15) is 5.56 Å². The van der Waals surface area contributed by atoms with Gasteiger partial charge in [-0.1, -0.05) is 11.6 Å². The van der Waals surface area contributed by atoms with E-state index in [1.165, 1.54) is 4.90 Å². The molecule has 1 saturated heterocycles. The maximum atomic E-state index is 12.8. The lowest BCUT2D eigenvalue weighted by Gasteiger charge is -2.26. The molecular weight excluding hydrogens is 429 g/mol. The molecule has 1 aliphatic rings. The normalized spacial score (nSPS) is 15.4. The number of carbonyl (C=O) groups is 2. The third-order valence-electron chi connectivity index (χ3n) is 3.67. The van der Waals surface area contributed by atoms with Crippen molar-refractivity contribution in [1.82, 2.24) is 9.62 Å². The number of ether oxygens (including phenoxy) is 2. The summed E-state index contributed by atoms with van der Waals surface area (Å²) in [4.78, 5) is 24.1. The summed E-state index contributed by atoms with van der Waals surface area (Å²) >= 11 is 5.67. The maximum absolute atomic E-state index is 12.8. The van der Waals surface area contributed by atoms with E-state index in [0.29, 0.717) is 38.4 Å². The minimum Gasteiger partial charge on any atom is -0.455 e. The van der Waals surface area contributed by atoms with Gasteiger partial charge in [0.05, 0.1) is 23.8 Å². The monoisotopic (exact) mass is 444 g/mol. The smallest absolute Gasteiger partial charge is 0.416 e. The molecule has 1 amide bonds. The van der Waals surface area contributed by atoms with E-state index in [1.807, 2.05) is 0 Å². The van der Waals surface area contributed by atoms with Gasteiger partial charge in [-0.25, -0.2) is 8.42 Å². The van der Waals surface area contributed by atoms with Crippen LogP contribution in [0.5, 0.6) is 0 Å². The van der Waals surface area contributed by atoms with Crippen molar-refractivity contribution in [3.05, 3.63) is 28.8 Å². The topological polar surface area (TPSA) is 102 Å². The van der Waals surface area contributed by atoms with Crippen molar-refractivity contribution in [1.29, 1.82) is 0 Å². The Hall–Kier alpha value is -1.89. The molecule has 13 heteroatoms. The molecule has 0 bridgehead atoms. The van der Waals surface area contributed by atoms with Gasteiger partial charge in [0.2, 0.25) is 10.0 Å². The van der Waals surface area contributed by atoms with Gasteiger partial charge in [0.25, 0.3) is 5.91 Å². The lowest BCUT2D eigenvalue weighted by atomic mass is 10.2. The largest absolute Gasteiger partial charge is 0.455 e. The Morgan fingerprint density at radius 1 is 1.25 bits per heavy atom. The van der Waals surface area contributed by atoms with E-state index < -0.39 is 56.7 Å². The molecule has 0 saturated carbocycles. The van der Waals surface area contributed by atoms with Gasteiger partial charge in [-0.2, -0.15) is 17.9 Å². The van der Waals surface area contributed by atoms with E-state index in [4.69, 9.17) is 16.3 Å². The quantitative estimate of drug-likeness (QED) is 0.658. The predicted molar refractivity (Wildman–Crippen MR) is 90.0 cm³/mol. The zero-order chi connectivity index (χ0) is 20.9. The highest BCUT2D eigenvalue weighted by Gasteiger charge is 2.33. The molecule has 1 fully saturated rings.